The van der Waals surface area contributed by atoms with Gasteiger partial charge in [-0.3, -0.25) is 19.8 Å². The number of non-ortho nitro benzene ring substituents is 1. The number of amides is 1. The van der Waals surface area contributed by atoms with Crippen molar-refractivity contribution in [2.45, 2.75) is 19.8 Å². The molecule has 2 aromatic rings. The van der Waals surface area contributed by atoms with Gasteiger partial charge in [0, 0.05) is 30.6 Å². The smallest absolute Gasteiger partial charge is 0.276 e. The van der Waals surface area contributed by atoms with Gasteiger partial charge in [-0.05, 0) is 42.9 Å². The Morgan fingerprint density at radius 1 is 1.31 bits per heavy atom. The van der Waals surface area contributed by atoms with Crippen LogP contribution in [-0.4, -0.2) is 32.0 Å². The van der Waals surface area contributed by atoms with Crippen molar-refractivity contribution < 1.29 is 9.72 Å². The lowest BCUT2D eigenvalue weighted by molar-refractivity contribution is -0.384. The average molecular weight is 370 g/mol. The monoisotopic (exact) mass is 370 g/mol. The predicted molar refractivity (Wildman–Crippen MR) is 103 cm³/mol. The van der Waals surface area contributed by atoms with Gasteiger partial charge in [0.15, 0.2) is 5.11 Å². The zero-order valence-corrected chi connectivity index (χ0v) is 15.0. The molecule has 0 spiro atoms. The van der Waals surface area contributed by atoms with E-state index in [1.54, 1.807) is 33.9 Å². The first-order valence-corrected chi connectivity index (χ1v) is 8.69. The van der Waals surface area contributed by atoms with Gasteiger partial charge in [-0.1, -0.05) is 19.4 Å². The predicted octanol–water partition coefficient (Wildman–Crippen LogP) is 3.24. The van der Waals surface area contributed by atoms with E-state index in [1.807, 2.05) is 12.1 Å². The third kappa shape index (κ3) is 3.50. The van der Waals surface area contributed by atoms with Gasteiger partial charge in [-0.15, -0.1) is 0 Å². The molecular weight excluding hydrogens is 352 g/mol. The number of nitrogens with one attached hydrogen (secondary N) is 1. The Kier molecular flexibility index (Phi) is 5.13. The number of unbranched alkanes of at least 4 members (excludes halogenated alkanes) is 1. The summed E-state index contributed by atoms with van der Waals surface area (Å²) in [4.78, 5) is 24.7. The van der Waals surface area contributed by atoms with Gasteiger partial charge >= 0.3 is 0 Å². The molecule has 1 amide bonds. The van der Waals surface area contributed by atoms with Crippen molar-refractivity contribution in [3.63, 3.8) is 0 Å². The number of hydrogen-bond acceptors (Lipinski definition) is 4. The van der Waals surface area contributed by atoms with E-state index in [-0.39, 0.29) is 11.6 Å². The fourth-order valence-corrected chi connectivity index (χ4v) is 3.03. The van der Waals surface area contributed by atoms with E-state index in [4.69, 9.17) is 12.2 Å². The van der Waals surface area contributed by atoms with Crippen molar-refractivity contribution in [3.8, 4) is 5.69 Å². The first kappa shape index (κ1) is 17.8. The standard InChI is InChI=1S/C18H18N4O3S/c1-2-3-9-21-17(23)16(19-18(21)26)12-14-8-5-10-20(14)13-6-4-7-15(11-13)22(24)25/h4-8,10-12H,2-3,9H2,1H3,(H,19,26)/b16-12+. The normalized spacial score (nSPS) is 15.6. The maximum Gasteiger partial charge on any atom is 0.276 e. The molecule has 134 valence electrons. The van der Waals surface area contributed by atoms with Crippen molar-refractivity contribution in [3.05, 3.63) is 64.1 Å². The molecule has 1 aromatic heterocycles. The number of aromatic nitrogens is 1. The minimum absolute atomic E-state index is 0.0109. The third-order valence-corrected chi connectivity index (χ3v) is 4.41. The number of benzene rings is 1. The van der Waals surface area contributed by atoms with Gasteiger partial charge in [0.05, 0.1) is 10.6 Å². The number of carbonyl (C=O) groups is 1. The Labute approximate surface area is 156 Å². The quantitative estimate of drug-likeness (QED) is 0.365. The third-order valence-electron chi connectivity index (χ3n) is 4.09. The topological polar surface area (TPSA) is 80.4 Å². The highest BCUT2D eigenvalue weighted by Gasteiger charge is 2.30. The molecule has 1 N–H and O–H groups in total. The van der Waals surface area contributed by atoms with Crippen molar-refractivity contribution in [1.82, 2.24) is 14.8 Å². The van der Waals surface area contributed by atoms with E-state index in [1.165, 1.54) is 12.1 Å². The summed E-state index contributed by atoms with van der Waals surface area (Å²) in [6, 6.07) is 9.99. The maximum atomic E-state index is 12.5. The molecule has 1 fully saturated rings. The number of thiocarbonyl (C=S) groups is 1. The minimum atomic E-state index is -0.433. The van der Waals surface area contributed by atoms with Crippen molar-refractivity contribution >= 4 is 35.0 Å². The van der Waals surface area contributed by atoms with Crippen LogP contribution < -0.4 is 5.32 Å². The first-order valence-electron chi connectivity index (χ1n) is 8.28. The average Bonchev–Trinajstić information content (AvgIpc) is 3.19. The molecule has 0 saturated carbocycles. The van der Waals surface area contributed by atoms with Crippen LogP contribution in [0.5, 0.6) is 0 Å². The van der Waals surface area contributed by atoms with E-state index in [9.17, 15) is 14.9 Å². The minimum Gasteiger partial charge on any atom is -0.328 e. The molecule has 0 unspecified atom stereocenters. The highest BCUT2D eigenvalue weighted by atomic mass is 32.1. The molecule has 8 heteroatoms. The van der Waals surface area contributed by atoms with E-state index < -0.39 is 4.92 Å². The molecule has 0 atom stereocenters. The van der Waals surface area contributed by atoms with Gasteiger partial charge in [0.1, 0.15) is 5.70 Å². The van der Waals surface area contributed by atoms with Crippen LogP contribution in [0.25, 0.3) is 11.8 Å². The highest BCUT2D eigenvalue weighted by molar-refractivity contribution is 7.80. The summed E-state index contributed by atoms with van der Waals surface area (Å²) in [7, 11) is 0. The van der Waals surface area contributed by atoms with Gasteiger partial charge in [0.25, 0.3) is 11.6 Å². The summed E-state index contributed by atoms with van der Waals surface area (Å²) in [5.74, 6) is -0.157. The molecule has 1 saturated heterocycles. The summed E-state index contributed by atoms with van der Waals surface area (Å²) < 4.78 is 1.78. The van der Waals surface area contributed by atoms with Gasteiger partial charge in [0.2, 0.25) is 0 Å². The lowest BCUT2D eigenvalue weighted by Crippen LogP contribution is -2.31. The fraction of sp³-hybridized carbons (Fsp3) is 0.222. The summed E-state index contributed by atoms with van der Waals surface area (Å²) in [5.41, 5.74) is 1.78. The lowest BCUT2D eigenvalue weighted by atomic mass is 10.2. The van der Waals surface area contributed by atoms with Crippen LogP contribution in [0.15, 0.2) is 48.3 Å². The summed E-state index contributed by atoms with van der Waals surface area (Å²) in [5, 5.41) is 14.4. The van der Waals surface area contributed by atoms with Gasteiger partial charge in [-0.25, -0.2) is 0 Å². The lowest BCUT2D eigenvalue weighted by Gasteiger charge is -2.12. The second-order valence-corrected chi connectivity index (χ2v) is 6.27. The Bertz CT molecular complexity index is 903. The molecule has 2 heterocycles. The van der Waals surface area contributed by atoms with Crippen molar-refractivity contribution in [2.24, 2.45) is 0 Å². The Balaban J connectivity index is 1.91. The molecule has 26 heavy (non-hydrogen) atoms. The molecule has 0 radical (unpaired) electrons. The van der Waals surface area contributed by atoms with Crippen molar-refractivity contribution in [1.29, 1.82) is 0 Å². The highest BCUT2D eigenvalue weighted by Crippen LogP contribution is 2.21. The summed E-state index contributed by atoms with van der Waals surface area (Å²) in [6.45, 7) is 2.64. The number of nitro groups is 1. The van der Waals surface area contributed by atoms with Crippen LogP contribution in [0.2, 0.25) is 0 Å². The number of nitrogens with zero attached hydrogens (tertiary/aromatic N) is 3. The SMILES string of the molecule is CCCCN1C(=O)/C(=C\c2cccn2-c2cccc([N+](=O)[O-])c2)NC1=S. The second-order valence-electron chi connectivity index (χ2n) is 5.88. The van der Waals surface area contributed by atoms with E-state index in [2.05, 4.69) is 12.2 Å². The molecular formula is C18H18N4O3S. The van der Waals surface area contributed by atoms with Crippen LogP contribution in [0.4, 0.5) is 5.69 Å². The number of rotatable bonds is 6. The summed E-state index contributed by atoms with van der Waals surface area (Å²) in [6.07, 6.45) is 5.35. The van der Waals surface area contributed by atoms with E-state index >= 15 is 0 Å². The molecule has 0 bridgehead atoms. The van der Waals surface area contributed by atoms with Crippen LogP contribution in [0.3, 0.4) is 0 Å². The number of carbonyl (C=O) groups excluding carboxylic acids is 1. The van der Waals surface area contributed by atoms with Gasteiger partial charge < -0.3 is 9.88 Å². The number of nitro benzene ring substituents is 1. The van der Waals surface area contributed by atoms with E-state index in [0.29, 0.717) is 23.0 Å². The molecule has 1 aliphatic heterocycles. The fourth-order valence-electron chi connectivity index (χ4n) is 2.74. The van der Waals surface area contributed by atoms with Crippen LogP contribution >= 0.6 is 12.2 Å². The molecule has 1 aromatic carbocycles. The number of hydrogen-bond donors (Lipinski definition) is 1. The molecule has 1 aliphatic rings. The Morgan fingerprint density at radius 2 is 2.12 bits per heavy atom. The van der Waals surface area contributed by atoms with E-state index in [0.717, 1.165) is 18.5 Å². The largest absolute Gasteiger partial charge is 0.328 e. The second kappa shape index (κ2) is 7.49. The molecule has 0 aliphatic carbocycles. The first-order chi connectivity index (χ1) is 12.5. The molecule has 3 rings (SSSR count). The van der Waals surface area contributed by atoms with Crippen LogP contribution in [-0.2, 0) is 4.79 Å². The zero-order valence-electron chi connectivity index (χ0n) is 14.2. The molecule has 7 nitrogen and oxygen atoms in total. The zero-order chi connectivity index (χ0) is 18.7. The Hall–Kier alpha value is -3.00. The van der Waals surface area contributed by atoms with Crippen LogP contribution in [0, 0.1) is 10.1 Å². The van der Waals surface area contributed by atoms with Crippen LogP contribution in [0.1, 0.15) is 25.5 Å². The maximum absolute atomic E-state index is 12.5. The van der Waals surface area contributed by atoms with Gasteiger partial charge in [-0.2, -0.15) is 0 Å². The van der Waals surface area contributed by atoms with Crippen molar-refractivity contribution in [2.75, 3.05) is 6.54 Å². The summed E-state index contributed by atoms with van der Waals surface area (Å²) >= 11 is 5.25. The Morgan fingerprint density at radius 3 is 2.85 bits per heavy atom.